The van der Waals surface area contributed by atoms with E-state index in [2.05, 4.69) is 19.7 Å². The molecule has 1 aromatic rings. The average Bonchev–Trinajstić information content (AvgIpc) is 2.06. The monoisotopic (exact) mass is 322 g/mol. The number of rotatable bonds is 0. The van der Waals surface area contributed by atoms with Crippen molar-refractivity contribution in [3.63, 3.8) is 0 Å². The van der Waals surface area contributed by atoms with Crippen LogP contribution < -0.4 is 0 Å². The van der Waals surface area contributed by atoms with Crippen LogP contribution in [0.2, 0.25) is 5.02 Å². The van der Waals surface area contributed by atoms with Crippen LogP contribution in [0.1, 0.15) is 5.56 Å². The van der Waals surface area contributed by atoms with Crippen molar-refractivity contribution >= 4 is 25.2 Å². The quantitative estimate of drug-likeness (QED) is 0.500. The topological polar surface area (TPSA) is 0 Å². The minimum absolute atomic E-state index is 0.0415. The fourth-order valence-electron chi connectivity index (χ4n) is 0.607. The predicted molar refractivity (Wildman–Crippen MR) is 44.2 cm³/mol. The summed E-state index contributed by atoms with van der Waals surface area (Å²) < 4.78 is 35.7. The zero-order valence-electron chi connectivity index (χ0n) is 6.33. The molecule has 0 amide bonds. The molecule has 0 spiro atoms. The summed E-state index contributed by atoms with van der Waals surface area (Å²) in [5.41, 5.74) is -0.773. The van der Waals surface area contributed by atoms with Crippen molar-refractivity contribution in [2.75, 3.05) is 0 Å². The van der Waals surface area contributed by atoms with E-state index in [4.69, 9.17) is 11.6 Å². The van der Waals surface area contributed by atoms with E-state index in [-0.39, 0.29) is 5.02 Å². The summed E-state index contributed by atoms with van der Waals surface area (Å²) in [6.07, 6.45) is -4.33. The Morgan fingerprint density at radius 2 is 1.85 bits per heavy atom. The Morgan fingerprint density at radius 1 is 1.31 bits per heavy atom. The molecule has 0 saturated heterocycles. The molecule has 0 aliphatic carbocycles. The molecule has 1 rings (SSSR count). The molecule has 0 aliphatic rings. The van der Waals surface area contributed by atoms with Gasteiger partial charge in [0.25, 0.3) is 0 Å². The molecule has 0 bridgehead atoms. The third-order valence-electron chi connectivity index (χ3n) is 1.08. The molecule has 0 nitrogen and oxygen atoms in total. The van der Waals surface area contributed by atoms with Crippen molar-refractivity contribution < 1.29 is 29.5 Å². The number of hydrogen-bond donors (Lipinski definition) is 0. The van der Waals surface area contributed by atoms with Gasteiger partial charge in [-0.1, -0.05) is 10.6 Å². The van der Waals surface area contributed by atoms with Crippen molar-refractivity contribution in [1.82, 2.24) is 0 Å². The van der Waals surface area contributed by atoms with Gasteiger partial charge >= 0.3 is 36.1 Å². The zero-order valence-corrected chi connectivity index (χ0v) is 11.6. The van der Waals surface area contributed by atoms with Gasteiger partial charge in [-0.15, -0.1) is 6.07 Å². The molecule has 6 heteroatoms. The van der Waals surface area contributed by atoms with Gasteiger partial charge in [-0.05, 0) is 0 Å². The molecule has 0 unspecified atom stereocenters. The van der Waals surface area contributed by atoms with E-state index >= 15 is 0 Å². The summed E-state index contributed by atoms with van der Waals surface area (Å²) in [4.78, 5) is 0. The molecule has 0 atom stereocenters. The maximum absolute atomic E-state index is 11.9. The first kappa shape index (κ1) is 13.4. The second kappa shape index (κ2) is 5.99. The van der Waals surface area contributed by atoms with Gasteiger partial charge in [-0.25, -0.2) is 0 Å². The average molecular weight is 325 g/mol. The molecule has 0 fully saturated rings. The molecule has 68 valence electrons. The Hall–Kier alpha value is 0.403. The van der Waals surface area contributed by atoms with Gasteiger partial charge in [0.15, 0.2) is 0 Å². The standard InChI is InChI=1S/C7H3ClF3.BrH.Zn/c8-6-3-1-2-5(4-6)7(9,10)11;;/h2-4H;1H;/q-1;;+2/p-1. The van der Waals surface area contributed by atoms with Gasteiger partial charge in [0, 0.05) is 0 Å². The second-order valence-corrected chi connectivity index (χ2v) is 2.37. The van der Waals surface area contributed by atoms with Crippen LogP contribution in [-0.2, 0) is 22.5 Å². The Morgan fingerprint density at radius 3 is 2.15 bits per heavy atom. The van der Waals surface area contributed by atoms with Gasteiger partial charge in [0.05, 0.1) is 0 Å². The van der Waals surface area contributed by atoms with E-state index in [1.54, 1.807) is 0 Å². The third-order valence-corrected chi connectivity index (χ3v) is 1.30. The molecule has 1 aromatic carbocycles. The Bertz CT molecular complexity index is 264. The first-order valence-corrected chi connectivity index (χ1v) is 10.3. The summed E-state index contributed by atoms with van der Waals surface area (Å²) in [6.45, 7) is 0. The van der Waals surface area contributed by atoms with E-state index in [1.165, 1.54) is 22.4 Å². The molecular weight excluding hydrogens is 322 g/mol. The first-order valence-electron chi connectivity index (χ1n) is 3.01. The van der Waals surface area contributed by atoms with Crippen LogP contribution in [0.4, 0.5) is 13.2 Å². The van der Waals surface area contributed by atoms with E-state index in [0.29, 0.717) is 0 Å². The normalized spacial score (nSPS) is 10.4. The Balaban J connectivity index is 0.000000671. The third kappa shape index (κ3) is 4.99. The van der Waals surface area contributed by atoms with Crippen molar-refractivity contribution in [2.24, 2.45) is 0 Å². The molecule has 0 N–H and O–H groups in total. The Kier molecular flexibility index (Phi) is 6.18. The summed E-state index contributed by atoms with van der Waals surface area (Å²) in [5.74, 6) is 0. The number of benzene rings is 1. The maximum atomic E-state index is 11.9. The van der Waals surface area contributed by atoms with Crippen LogP contribution in [0.15, 0.2) is 18.2 Å². The minimum atomic E-state index is -4.33. The zero-order chi connectivity index (χ0) is 10.5. The Labute approximate surface area is 95.5 Å². The van der Waals surface area contributed by atoms with Crippen LogP contribution in [0.3, 0.4) is 0 Å². The van der Waals surface area contributed by atoms with E-state index < -0.39 is 11.7 Å². The summed E-state index contributed by atoms with van der Waals surface area (Å²) in [7, 11) is 0. The summed E-state index contributed by atoms with van der Waals surface area (Å²) >= 11 is 9.57. The van der Waals surface area contributed by atoms with E-state index in [1.807, 2.05) is 0 Å². The number of halogens is 5. The van der Waals surface area contributed by atoms with Crippen molar-refractivity contribution in [3.8, 4) is 0 Å². The molecule has 0 radical (unpaired) electrons. The summed E-state index contributed by atoms with van der Waals surface area (Å²) in [5, 5.41) is 0.0415. The molecule has 0 aliphatic heterocycles. The number of alkyl halides is 3. The van der Waals surface area contributed by atoms with Gasteiger partial charge in [-0.3, -0.25) is 0 Å². The van der Waals surface area contributed by atoms with Gasteiger partial charge in [0.1, 0.15) is 0 Å². The summed E-state index contributed by atoms with van der Waals surface area (Å²) in [6, 6.07) is 5.27. The molecule has 0 heterocycles. The van der Waals surface area contributed by atoms with Gasteiger partial charge < -0.3 is 0 Å². The van der Waals surface area contributed by atoms with Crippen molar-refractivity contribution in [3.05, 3.63) is 34.9 Å². The van der Waals surface area contributed by atoms with Crippen LogP contribution in [0.5, 0.6) is 0 Å². The van der Waals surface area contributed by atoms with E-state index in [0.717, 1.165) is 12.1 Å². The SMILES string of the molecule is FC(F)(F)c1c[c-]cc(Cl)c1.[Zn+][Br]. The number of hydrogen-bond acceptors (Lipinski definition) is 0. The molecular formula is C7H3BrClF3Zn. The molecule has 0 saturated carbocycles. The van der Waals surface area contributed by atoms with Crippen LogP contribution in [0.25, 0.3) is 0 Å². The second-order valence-electron chi connectivity index (χ2n) is 1.94. The molecule has 0 aromatic heterocycles. The van der Waals surface area contributed by atoms with Gasteiger partial charge in [-0.2, -0.15) is 43.0 Å². The first-order chi connectivity index (χ1) is 6.00. The predicted octanol–water partition coefficient (Wildman–Crippen LogP) is 4.00. The van der Waals surface area contributed by atoms with E-state index in [9.17, 15) is 13.2 Å². The fourth-order valence-corrected chi connectivity index (χ4v) is 0.787. The van der Waals surface area contributed by atoms with Crippen LogP contribution in [-0.4, -0.2) is 0 Å². The fraction of sp³-hybridized carbons (Fsp3) is 0.143. The van der Waals surface area contributed by atoms with Crippen molar-refractivity contribution in [1.29, 1.82) is 0 Å². The van der Waals surface area contributed by atoms with Crippen LogP contribution >= 0.6 is 25.2 Å². The molecule has 13 heavy (non-hydrogen) atoms. The van der Waals surface area contributed by atoms with Crippen molar-refractivity contribution in [2.45, 2.75) is 6.18 Å². The van der Waals surface area contributed by atoms with Gasteiger partial charge in [0.2, 0.25) is 0 Å². The van der Waals surface area contributed by atoms with Crippen LogP contribution in [0, 0.1) is 6.07 Å².